The number of carbonyl (C=O) groups is 1. The molecule has 0 saturated heterocycles. The quantitative estimate of drug-likeness (QED) is 0.906. The Morgan fingerprint density at radius 3 is 2.81 bits per heavy atom. The van der Waals surface area contributed by atoms with E-state index >= 15 is 0 Å². The van der Waals surface area contributed by atoms with Gasteiger partial charge >= 0.3 is 0 Å². The normalized spacial score (nSPS) is 16.6. The number of benzene rings is 2. The molecule has 0 saturated carbocycles. The molecule has 0 aromatic heterocycles. The van der Waals surface area contributed by atoms with E-state index in [2.05, 4.69) is 22.8 Å². The van der Waals surface area contributed by atoms with Gasteiger partial charge in [-0.15, -0.1) is 0 Å². The number of rotatable bonds is 4. The number of nitrogens with one attached hydrogen (secondary N) is 2. The maximum Gasteiger partial charge on any atom is 0.265 e. The largest absolute Gasteiger partial charge is 0.479 e. The zero-order valence-corrected chi connectivity index (χ0v) is 11.9. The van der Waals surface area contributed by atoms with Crippen molar-refractivity contribution in [1.82, 2.24) is 0 Å². The third-order valence-corrected chi connectivity index (χ3v) is 3.50. The van der Waals surface area contributed by atoms with Gasteiger partial charge in [-0.1, -0.05) is 30.3 Å². The van der Waals surface area contributed by atoms with Crippen molar-refractivity contribution >= 4 is 17.3 Å². The van der Waals surface area contributed by atoms with Crippen LogP contribution in [-0.4, -0.2) is 18.6 Å². The highest BCUT2D eigenvalue weighted by Crippen LogP contribution is 2.32. The Balaban J connectivity index is 1.62. The minimum Gasteiger partial charge on any atom is -0.479 e. The molecule has 0 spiro atoms. The molecule has 3 rings (SSSR count). The highest BCUT2D eigenvalue weighted by molar-refractivity contribution is 5.98. The lowest BCUT2D eigenvalue weighted by Gasteiger charge is -2.23. The van der Waals surface area contributed by atoms with E-state index in [4.69, 9.17) is 4.74 Å². The maximum atomic E-state index is 11.6. The summed E-state index contributed by atoms with van der Waals surface area (Å²) in [4.78, 5) is 11.6. The molecule has 1 unspecified atom stereocenters. The number of anilines is 2. The number of carbonyl (C=O) groups excluding carboxylic acids is 1. The van der Waals surface area contributed by atoms with E-state index in [1.54, 1.807) is 6.92 Å². The monoisotopic (exact) mass is 282 g/mol. The van der Waals surface area contributed by atoms with Gasteiger partial charge in [-0.3, -0.25) is 4.79 Å². The fourth-order valence-electron chi connectivity index (χ4n) is 2.31. The second-order valence-electron chi connectivity index (χ2n) is 5.12. The predicted molar refractivity (Wildman–Crippen MR) is 83.8 cm³/mol. The Morgan fingerprint density at radius 1 is 1.19 bits per heavy atom. The number of hydrogen-bond donors (Lipinski definition) is 2. The standard InChI is InChI=1S/C17H18N2O2/c1-12-17(20)19-15-11-14(7-8-16(15)21-12)18-10-9-13-5-3-2-4-6-13/h2-8,11-12,18H,9-10H2,1H3,(H,19,20). The van der Waals surface area contributed by atoms with E-state index in [9.17, 15) is 4.79 Å². The van der Waals surface area contributed by atoms with E-state index in [0.29, 0.717) is 0 Å². The first-order valence-corrected chi connectivity index (χ1v) is 7.12. The van der Waals surface area contributed by atoms with Crippen LogP contribution in [0.25, 0.3) is 0 Å². The fourth-order valence-corrected chi connectivity index (χ4v) is 2.31. The van der Waals surface area contributed by atoms with Crippen LogP contribution in [0.4, 0.5) is 11.4 Å². The van der Waals surface area contributed by atoms with Crippen molar-refractivity contribution in [3.05, 3.63) is 54.1 Å². The van der Waals surface area contributed by atoms with Crippen LogP contribution in [0.2, 0.25) is 0 Å². The number of fused-ring (bicyclic) bond motifs is 1. The smallest absolute Gasteiger partial charge is 0.265 e. The van der Waals surface area contributed by atoms with Gasteiger partial charge in [0.2, 0.25) is 0 Å². The lowest BCUT2D eigenvalue weighted by Crippen LogP contribution is -2.34. The molecule has 1 amide bonds. The summed E-state index contributed by atoms with van der Waals surface area (Å²) in [5.74, 6) is 0.611. The molecular weight excluding hydrogens is 264 g/mol. The third-order valence-electron chi connectivity index (χ3n) is 3.50. The van der Waals surface area contributed by atoms with Gasteiger partial charge in [-0.05, 0) is 37.1 Å². The molecule has 21 heavy (non-hydrogen) atoms. The summed E-state index contributed by atoms with van der Waals surface area (Å²) < 4.78 is 5.53. The van der Waals surface area contributed by atoms with Crippen LogP contribution < -0.4 is 15.4 Å². The molecule has 4 heteroatoms. The van der Waals surface area contributed by atoms with Crippen molar-refractivity contribution in [3.63, 3.8) is 0 Å². The highest BCUT2D eigenvalue weighted by atomic mass is 16.5. The molecule has 1 heterocycles. The molecule has 0 bridgehead atoms. The molecule has 0 aliphatic carbocycles. The van der Waals surface area contributed by atoms with Crippen molar-refractivity contribution in [2.24, 2.45) is 0 Å². The number of amides is 1. The molecule has 4 nitrogen and oxygen atoms in total. The summed E-state index contributed by atoms with van der Waals surface area (Å²) in [7, 11) is 0. The van der Waals surface area contributed by atoms with E-state index in [0.717, 1.165) is 30.1 Å². The Morgan fingerprint density at radius 2 is 2.00 bits per heavy atom. The fraction of sp³-hybridized carbons (Fsp3) is 0.235. The molecule has 1 aliphatic rings. The topological polar surface area (TPSA) is 50.4 Å². The van der Waals surface area contributed by atoms with Crippen molar-refractivity contribution in [2.45, 2.75) is 19.4 Å². The van der Waals surface area contributed by atoms with Gasteiger partial charge in [-0.2, -0.15) is 0 Å². The summed E-state index contributed by atoms with van der Waals surface area (Å²) in [6, 6.07) is 16.1. The zero-order valence-electron chi connectivity index (χ0n) is 11.9. The van der Waals surface area contributed by atoms with Gasteiger partial charge in [0.25, 0.3) is 5.91 Å². The first-order valence-electron chi connectivity index (χ1n) is 7.12. The second kappa shape index (κ2) is 5.87. The molecular formula is C17H18N2O2. The lowest BCUT2D eigenvalue weighted by atomic mass is 10.1. The molecule has 108 valence electrons. The van der Waals surface area contributed by atoms with Crippen molar-refractivity contribution < 1.29 is 9.53 Å². The molecule has 0 radical (unpaired) electrons. The van der Waals surface area contributed by atoms with Crippen LogP contribution in [-0.2, 0) is 11.2 Å². The maximum absolute atomic E-state index is 11.6. The summed E-state index contributed by atoms with van der Waals surface area (Å²) in [5.41, 5.74) is 3.00. The molecule has 1 atom stereocenters. The summed E-state index contributed by atoms with van der Waals surface area (Å²) in [5, 5.41) is 6.22. The van der Waals surface area contributed by atoms with Crippen LogP contribution >= 0.6 is 0 Å². The SMILES string of the molecule is CC1Oc2ccc(NCCc3ccccc3)cc2NC1=O. The Bertz CT molecular complexity index is 640. The number of ether oxygens (including phenoxy) is 1. The van der Waals surface area contributed by atoms with Crippen LogP contribution in [0.15, 0.2) is 48.5 Å². The molecule has 2 aromatic rings. The van der Waals surface area contributed by atoms with Crippen LogP contribution in [0, 0.1) is 0 Å². The van der Waals surface area contributed by atoms with Gasteiger partial charge in [0, 0.05) is 12.2 Å². The van der Waals surface area contributed by atoms with E-state index in [1.807, 2.05) is 36.4 Å². The Kier molecular flexibility index (Phi) is 3.77. The van der Waals surface area contributed by atoms with E-state index < -0.39 is 6.10 Å². The summed E-state index contributed by atoms with van der Waals surface area (Å²) in [6.07, 6.45) is 0.520. The van der Waals surface area contributed by atoms with Gasteiger partial charge in [0.15, 0.2) is 6.10 Å². The van der Waals surface area contributed by atoms with Crippen LogP contribution in [0.1, 0.15) is 12.5 Å². The molecule has 1 aliphatic heterocycles. The Hall–Kier alpha value is -2.49. The first kappa shape index (κ1) is 13.5. The van der Waals surface area contributed by atoms with Gasteiger partial charge in [0.05, 0.1) is 5.69 Å². The zero-order chi connectivity index (χ0) is 14.7. The third kappa shape index (κ3) is 3.16. The van der Waals surface area contributed by atoms with Crippen LogP contribution in [0.3, 0.4) is 0 Å². The van der Waals surface area contributed by atoms with Gasteiger partial charge in [0.1, 0.15) is 5.75 Å². The number of hydrogen-bond acceptors (Lipinski definition) is 3. The second-order valence-corrected chi connectivity index (χ2v) is 5.12. The Labute approximate surface area is 124 Å². The molecule has 2 N–H and O–H groups in total. The average Bonchev–Trinajstić information content (AvgIpc) is 2.50. The van der Waals surface area contributed by atoms with Crippen molar-refractivity contribution in [1.29, 1.82) is 0 Å². The van der Waals surface area contributed by atoms with Crippen LogP contribution in [0.5, 0.6) is 5.75 Å². The minimum absolute atomic E-state index is 0.107. The van der Waals surface area contributed by atoms with Crippen molar-refractivity contribution in [2.75, 3.05) is 17.2 Å². The first-order chi connectivity index (χ1) is 10.2. The molecule has 0 fully saturated rings. The average molecular weight is 282 g/mol. The lowest BCUT2D eigenvalue weighted by molar-refractivity contribution is -0.122. The van der Waals surface area contributed by atoms with E-state index in [-0.39, 0.29) is 5.91 Å². The van der Waals surface area contributed by atoms with Gasteiger partial charge in [-0.25, -0.2) is 0 Å². The van der Waals surface area contributed by atoms with Crippen molar-refractivity contribution in [3.8, 4) is 5.75 Å². The predicted octanol–water partition coefficient (Wildman–Crippen LogP) is 3.06. The van der Waals surface area contributed by atoms with Gasteiger partial charge < -0.3 is 15.4 Å². The minimum atomic E-state index is -0.436. The highest BCUT2D eigenvalue weighted by Gasteiger charge is 2.23. The summed E-state index contributed by atoms with van der Waals surface area (Å²) >= 11 is 0. The van der Waals surface area contributed by atoms with E-state index in [1.165, 1.54) is 5.56 Å². The summed E-state index contributed by atoms with van der Waals surface area (Å²) in [6.45, 7) is 2.58. The molecule has 2 aromatic carbocycles.